The first kappa shape index (κ1) is 26.0. The predicted molar refractivity (Wildman–Crippen MR) is 142 cm³/mol. The number of nitrogens with zero attached hydrogens (tertiary/aromatic N) is 4. The number of oxazole rings is 1. The maximum atomic E-state index is 14.6. The fourth-order valence-electron chi connectivity index (χ4n) is 4.23. The largest absolute Gasteiger partial charge is 0.444 e. The molecule has 2 amide bonds. The highest BCUT2D eigenvalue weighted by atomic mass is 19.1. The van der Waals surface area contributed by atoms with Gasteiger partial charge in [-0.1, -0.05) is 6.07 Å². The van der Waals surface area contributed by atoms with Crippen LogP contribution < -0.4 is 11.1 Å². The first-order valence-electron chi connectivity index (χ1n) is 12.2. The van der Waals surface area contributed by atoms with Crippen LogP contribution in [-0.4, -0.2) is 55.1 Å². The number of carbonyl (C=O) groups excluding carboxylic acids is 2. The third-order valence-corrected chi connectivity index (χ3v) is 6.50. The summed E-state index contributed by atoms with van der Waals surface area (Å²) in [5.41, 5.74) is 8.24. The van der Waals surface area contributed by atoms with E-state index in [1.54, 1.807) is 30.5 Å². The van der Waals surface area contributed by atoms with Gasteiger partial charge in [0.15, 0.2) is 5.69 Å². The Bertz CT molecular complexity index is 1560. The van der Waals surface area contributed by atoms with Gasteiger partial charge in [-0.25, -0.2) is 14.4 Å². The second kappa shape index (κ2) is 9.91. The molecular weight excluding hydrogens is 503 g/mol. The summed E-state index contributed by atoms with van der Waals surface area (Å²) >= 11 is 0. The van der Waals surface area contributed by atoms with Crippen molar-refractivity contribution in [3.8, 4) is 22.6 Å². The topological polar surface area (TPSA) is 147 Å². The minimum atomic E-state index is -1.63. The molecule has 3 aromatic heterocycles. The Kier molecular flexibility index (Phi) is 6.61. The summed E-state index contributed by atoms with van der Waals surface area (Å²) in [5.74, 6) is -0.384. The number of amides is 2. The molecule has 11 heteroatoms. The first-order chi connectivity index (χ1) is 18.5. The van der Waals surface area contributed by atoms with Crippen molar-refractivity contribution < 1.29 is 23.5 Å². The van der Waals surface area contributed by atoms with Crippen molar-refractivity contribution in [1.82, 2.24) is 19.9 Å². The van der Waals surface area contributed by atoms with Gasteiger partial charge in [-0.3, -0.25) is 14.6 Å². The summed E-state index contributed by atoms with van der Waals surface area (Å²) in [6, 6.07) is 10.3. The van der Waals surface area contributed by atoms with Crippen LogP contribution in [-0.2, 0) is 6.54 Å². The zero-order chi connectivity index (χ0) is 27.9. The van der Waals surface area contributed by atoms with E-state index in [-0.39, 0.29) is 36.4 Å². The predicted octanol–water partition coefficient (Wildman–Crippen LogP) is 4.01. The monoisotopic (exact) mass is 530 g/mol. The molecule has 4 N–H and O–H groups in total. The second-order valence-corrected chi connectivity index (χ2v) is 10.0. The van der Waals surface area contributed by atoms with E-state index in [0.29, 0.717) is 33.5 Å². The van der Waals surface area contributed by atoms with Crippen molar-refractivity contribution in [2.45, 2.75) is 39.1 Å². The van der Waals surface area contributed by atoms with Crippen molar-refractivity contribution in [2.75, 3.05) is 17.6 Å². The van der Waals surface area contributed by atoms with E-state index in [1.807, 2.05) is 19.1 Å². The number of hydrogen-bond donors (Lipinski definition) is 3. The summed E-state index contributed by atoms with van der Waals surface area (Å²) in [6.45, 7) is 4.45. The van der Waals surface area contributed by atoms with Crippen molar-refractivity contribution in [3.05, 3.63) is 77.6 Å². The van der Waals surface area contributed by atoms with E-state index in [4.69, 9.17) is 10.2 Å². The zero-order valence-corrected chi connectivity index (χ0v) is 21.6. The molecule has 1 atom stereocenters. The molecule has 0 saturated carbocycles. The van der Waals surface area contributed by atoms with Crippen LogP contribution in [0, 0.1) is 6.92 Å². The van der Waals surface area contributed by atoms with E-state index in [2.05, 4.69) is 20.3 Å². The molecule has 200 valence electrons. The number of aryl methyl sites for hydroxylation is 1. The summed E-state index contributed by atoms with van der Waals surface area (Å²) in [6.07, 6.45) is 2.77. The molecule has 39 heavy (non-hydrogen) atoms. The molecule has 0 radical (unpaired) electrons. The Labute approximate surface area is 223 Å². The molecule has 0 fully saturated rings. The number of carbonyl (C=O) groups is 2. The van der Waals surface area contributed by atoms with Crippen LogP contribution >= 0.6 is 0 Å². The number of aromatic nitrogens is 3. The van der Waals surface area contributed by atoms with Crippen LogP contribution in [0.2, 0.25) is 0 Å². The number of halogens is 1. The van der Waals surface area contributed by atoms with Gasteiger partial charge in [-0.05, 0) is 56.7 Å². The van der Waals surface area contributed by atoms with Crippen LogP contribution in [0.25, 0.3) is 22.6 Å². The van der Waals surface area contributed by atoms with Crippen LogP contribution in [0.4, 0.5) is 15.9 Å². The fourth-order valence-corrected chi connectivity index (χ4v) is 4.23. The lowest BCUT2D eigenvalue weighted by atomic mass is 9.98. The Hall–Kier alpha value is -4.64. The summed E-state index contributed by atoms with van der Waals surface area (Å²) in [4.78, 5) is 40.3. The highest BCUT2D eigenvalue weighted by molar-refractivity contribution is 6.07. The summed E-state index contributed by atoms with van der Waals surface area (Å²) in [7, 11) is 0. The Morgan fingerprint density at radius 3 is 2.69 bits per heavy atom. The number of nitrogens with one attached hydrogen (secondary N) is 1. The molecule has 0 aliphatic carbocycles. The van der Waals surface area contributed by atoms with Gasteiger partial charge in [0, 0.05) is 52.6 Å². The number of hydrogen-bond acceptors (Lipinski definition) is 8. The summed E-state index contributed by atoms with van der Waals surface area (Å²) in [5, 5.41) is 12.9. The first-order valence-corrected chi connectivity index (χ1v) is 12.2. The van der Waals surface area contributed by atoms with Crippen molar-refractivity contribution in [3.63, 3.8) is 0 Å². The van der Waals surface area contributed by atoms with E-state index in [1.165, 1.54) is 31.2 Å². The lowest BCUT2D eigenvalue weighted by molar-refractivity contribution is -0.0159. The molecule has 1 aliphatic heterocycles. The van der Waals surface area contributed by atoms with Crippen LogP contribution in [0.3, 0.4) is 0 Å². The number of fused-ring (bicyclic) bond motifs is 1. The summed E-state index contributed by atoms with van der Waals surface area (Å²) < 4.78 is 20.1. The highest BCUT2D eigenvalue weighted by Crippen LogP contribution is 2.36. The van der Waals surface area contributed by atoms with E-state index in [0.717, 1.165) is 5.69 Å². The molecule has 0 saturated heterocycles. The Balaban J connectivity index is 1.47. The standard InChI is InChI=1S/C28H27FN6O4/c1-15-4-5-17(11-32-15)19-10-20-18(12-35(27(20)37)13-23(29)28(2,3)38)8-21(19)33-25(36)22-14-39-26(34-22)16-6-7-31-24(30)9-16/h4-11,14,23,38H,12-13H2,1-3H3,(H2,30,31)(H,33,36). The normalized spacial score (nSPS) is 13.9. The van der Waals surface area contributed by atoms with Gasteiger partial charge in [0.25, 0.3) is 11.8 Å². The number of alkyl halides is 1. The van der Waals surface area contributed by atoms with Crippen molar-refractivity contribution in [1.29, 1.82) is 0 Å². The van der Waals surface area contributed by atoms with Gasteiger partial charge in [-0.2, -0.15) is 0 Å². The minimum Gasteiger partial charge on any atom is -0.444 e. The molecule has 1 aromatic carbocycles. The quantitative estimate of drug-likeness (QED) is 0.325. The number of rotatable bonds is 7. The minimum absolute atomic E-state index is 0.0389. The number of pyridine rings is 2. The number of nitrogen functional groups attached to an aromatic ring is 1. The van der Waals surface area contributed by atoms with Crippen LogP contribution in [0.5, 0.6) is 0 Å². The molecule has 4 aromatic rings. The molecule has 4 heterocycles. The third kappa shape index (κ3) is 5.34. The van der Waals surface area contributed by atoms with E-state index < -0.39 is 17.7 Å². The Morgan fingerprint density at radius 2 is 2.00 bits per heavy atom. The van der Waals surface area contributed by atoms with E-state index in [9.17, 15) is 19.1 Å². The van der Waals surface area contributed by atoms with Crippen molar-refractivity contribution >= 4 is 23.3 Å². The molecule has 5 rings (SSSR count). The van der Waals surface area contributed by atoms with Gasteiger partial charge in [0.1, 0.15) is 18.3 Å². The zero-order valence-electron chi connectivity index (χ0n) is 21.6. The molecule has 0 spiro atoms. The molecule has 1 unspecified atom stereocenters. The Morgan fingerprint density at radius 1 is 1.21 bits per heavy atom. The van der Waals surface area contributed by atoms with Gasteiger partial charge in [-0.15, -0.1) is 0 Å². The van der Waals surface area contributed by atoms with E-state index >= 15 is 0 Å². The maximum absolute atomic E-state index is 14.6. The van der Waals surface area contributed by atoms with Gasteiger partial charge in [0.05, 0.1) is 12.1 Å². The molecule has 1 aliphatic rings. The average Bonchev–Trinajstić information content (AvgIpc) is 3.49. The number of benzene rings is 1. The van der Waals surface area contributed by atoms with Crippen molar-refractivity contribution in [2.24, 2.45) is 0 Å². The second-order valence-electron chi connectivity index (χ2n) is 10.0. The molecule has 0 bridgehead atoms. The average molecular weight is 531 g/mol. The smallest absolute Gasteiger partial charge is 0.277 e. The van der Waals surface area contributed by atoms with Crippen LogP contribution in [0.1, 0.15) is 46.0 Å². The maximum Gasteiger partial charge on any atom is 0.277 e. The molecular formula is C28H27FN6O4. The third-order valence-electron chi connectivity index (χ3n) is 6.50. The lowest BCUT2D eigenvalue weighted by Crippen LogP contribution is -2.42. The van der Waals surface area contributed by atoms with Gasteiger partial charge >= 0.3 is 0 Å². The number of aliphatic hydroxyl groups is 1. The van der Waals surface area contributed by atoms with Gasteiger partial charge in [0.2, 0.25) is 5.89 Å². The SMILES string of the molecule is Cc1ccc(-c2cc3c(cc2NC(=O)c2coc(-c4ccnc(N)c4)n2)CN(CC(F)C(C)(C)O)C3=O)cn1. The molecule has 10 nitrogen and oxygen atoms in total. The highest BCUT2D eigenvalue weighted by Gasteiger charge is 2.35. The van der Waals surface area contributed by atoms with Gasteiger partial charge < -0.3 is 25.5 Å². The lowest BCUT2D eigenvalue weighted by Gasteiger charge is -2.26. The fraction of sp³-hybridized carbons (Fsp3) is 0.250. The van der Waals surface area contributed by atoms with Crippen LogP contribution in [0.15, 0.2) is 59.5 Å². The number of nitrogens with two attached hydrogens (primary N) is 1. The number of anilines is 2.